The summed E-state index contributed by atoms with van der Waals surface area (Å²) < 4.78 is 0. The second kappa shape index (κ2) is 4.55. The minimum Gasteiger partial charge on any atom is -0.351 e. The van der Waals surface area contributed by atoms with Crippen LogP contribution in [0.5, 0.6) is 0 Å². The van der Waals surface area contributed by atoms with Crippen molar-refractivity contribution in [2.24, 2.45) is 0 Å². The molecule has 0 aliphatic heterocycles. The Morgan fingerprint density at radius 2 is 2.00 bits per heavy atom. The van der Waals surface area contributed by atoms with Gasteiger partial charge < -0.3 is 5.32 Å². The first-order valence-corrected chi connectivity index (χ1v) is 5.26. The average Bonchev–Trinajstić information content (AvgIpc) is 2.19. The van der Waals surface area contributed by atoms with Gasteiger partial charge in [-0.15, -0.1) is 0 Å². The van der Waals surface area contributed by atoms with Gasteiger partial charge in [0.2, 0.25) is 17.6 Å². The molecule has 1 heterocycles. The first-order valence-electron chi connectivity index (χ1n) is 4.89. The van der Waals surface area contributed by atoms with Gasteiger partial charge in [-0.05, 0) is 24.4 Å². The molecular formula is C9H12ClN4. The van der Waals surface area contributed by atoms with E-state index in [4.69, 9.17) is 11.6 Å². The summed E-state index contributed by atoms with van der Waals surface area (Å²) in [5, 5.41) is 3.44. The second-order valence-electron chi connectivity index (χ2n) is 3.51. The van der Waals surface area contributed by atoms with E-state index in [1.54, 1.807) is 0 Å². The van der Waals surface area contributed by atoms with Crippen LogP contribution in [0.1, 0.15) is 32.1 Å². The van der Waals surface area contributed by atoms with E-state index in [1.807, 2.05) is 0 Å². The van der Waals surface area contributed by atoms with Crippen LogP contribution in [0.2, 0.25) is 5.28 Å². The molecule has 1 aromatic heterocycles. The number of nitrogens with one attached hydrogen (secondary N) is 1. The van der Waals surface area contributed by atoms with Crippen molar-refractivity contribution in [3.05, 3.63) is 11.6 Å². The zero-order valence-electron chi connectivity index (χ0n) is 7.83. The first-order chi connectivity index (χ1) is 6.84. The highest BCUT2D eigenvalue weighted by molar-refractivity contribution is 6.28. The van der Waals surface area contributed by atoms with Gasteiger partial charge in [0.25, 0.3) is 0 Å². The SMILES string of the molecule is Clc1n[c]nc(NC2CCCCC2)n1. The monoisotopic (exact) mass is 211 g/mol. The van der Waals surface area contributed by atoms with Crippen LogP contribution >= 0.6 is 11.6 Å². The predicted octanol–water partition coefficient (Wildman–Crippen LogP) is 2.07. The minimum atomic E-state index is 0.193. The molecule has 1 aliphatic carbocycles. The number of aromatic nitrogens is 3. The van der Waals surface area contributed by atoms with Gasteiger partial charge in [-0.2, -0.15) is 15.0 Å². The molecule has 75 valence electrons. The second-order valence-corrected chi connectivity index (χ2v) is 3.85. The molecule has 0 saturated heterocycles. The third kappa shape index (κ3) is 2.54. The van der Waals surface area contributed by atoms with E-state index in [0.717, 1.165) is 0 Å². The molecule has 1 saturated carbocycles. The molecule has 0 unspecified atom stereocenters. The molecule has 0 bridgehead atoms. The van der Waals surface area contributed by atoms with Crippen molar-refractivity contribution in [3.63, 3.8) is 0 Å². The highest BCUT2D eigenvalue weighted by Gasteiger charge is 2.13. The highest BCUT2D eigenvalue weighted by Crippen LogP contribution is 2.19. The van der Waals surface area contributed by atoms with Crippen LogP contribution in [0.4, 0.5) is 5.95 Å². The third-order valence-corrected chi connectivity index (χ3v) is 2.60. The number of halogens is 1. The van der Waals surface area contributed by atoms with Crippen LogP contribution in [0.15, 0.2) is 0 Å². The summed E-state index contributed by atoms with van der Waals surface area (Å²) in [5.41, 5.74) is 0. The molecule has 5 heteroatoms. The van der Waals surface area contributed by atoms with E-state index in [9.17, 15) is 0 Å². The van der Waals surface area contributed by atoms with E-state index in [0.29, 0.717) is 12.0 Å². The number of rotatable bonds is 2. The van der Waals surface area contributed by atoms with Gasteiger partial charge in [0.05, 0.1) is 0 Å². The van der Waals surface area contributed by atoms with Crippen molar-refractivity contribution in [1.82, 2.24) is 15.0 Å². The fraction of sp³-hybridized carbons (Fsp3) is 0.667. The number of nitrogens with zero attached hydrogens (tertiary/aromatic N) is 3. The largest absolute Gasteiger partial charge is 0.351 e. The maximum absolute atomic E-state index is 5.63. The molecular weight excluding hydrogens is 200 g/mol. The van der Waals surface area contributed by atoms with Gasteiger partial charge in [-0.1, -0.05) is 19.3 Å². The molecule has 1 radical (unpaired) electrons. The summed E-state index contributed by atoms with van der Waals surface area (Å²) in [6.07, 6.45) is 8.72. The van der Waals surface area contributed by atoms with Gasteiger partial charge >= 0.3 is 0 Å². The Balaban J connectivity index is 1.95. The zero-order chi connectivity index (χ0) is 9.80. The first kappa shape index (κ1) is 9.65. The van der Waals surface area contributed by atoms with Crippen LogP contribution in [-0.4, -0.2) is 21.0 Å². The van der Waals surface area contributed by atoms with Crippen LogP contribution in [-0.2, 0) is 0 Å². The standard InChI is InChI=1S/C9H12ClN4/c10-8-11-6-12-9(14-8)13-7-4-2-1-3-5-7/h7H,1-5H2,(H,11,12,13,14). The Hall–Kier alpha value is -0.900. The molecule has 0 amide bonds. The van der Waals surface area contributed by atoms with Gasteiger partial charge in [0.1, 0.15) is 0 Å². The van der Waals surface area contributed by atoms with Crippen molar-refractivity contribution in [1.29, 1.82) is 0 Å². The summed E-state index contributed by atoms with van der Waals surface area (Å²) in [6, 6.07) is 0.482. The van der Waals surface area contributed by atoms with Crippen molar-refractivity contribution in [3.8, 4) is 0 Å². The van der Waals surface area contributed by atoms with Gasteiger partial charge in [-0.3, -0.25) is 0 Å². The summed E-state index contributed by atoms with van der Waals surface area (Å²) in [6.45, 7) is 0. The molecule has 1 N–H and O–H groups in total. The lowest BCUT2D eigenvalue weighted by atomic mass is 9.96. The van der Waals surface area contributed by atoms with E-state index in [2.05, 4.69) is 26.6 Å². The van der Waals surface area contributed by atoms with E-state index < -0.39 is 0 Å². The molecule has 2 rings (SSSR count). The van der Waals surface area contributed by atoms with Gasteiger partial charge in [0.15, 0.2) is 0 Å². The molecule has 4 nitrogen and oxygen atoms in total. The van der Waals surface area contributed by atoms with Crippen molar-refractivity contribution >= 4 is 17.5 Å². The number of hydrogen-bond acceptors (Lipinski definition) is 4. The van der Waals surface area contributed by atoms with E-state index in [1.165, 1.54) is 32.1 Å². The lowest BCUT2D eigenvalue weighted by Gasteiger charge is -2.22. The minimum absolute atomic E-state index is 0.193. The van der Waals surface area contributed by atoms with Crippen LogP contribution < -0.4 is 5.32 Å². The van der Waals surface area contributed by atoms with E-state index in [-0.39, 0.29) is 5.28 Å². The summed E-state index contributed by atoms with van der Waals surface area (Å²) in [4.78, 5) is 11.5. The third-order valence-electron chi connectivity index (χ3n) is 2.43. The molecule has 0 atom stereocenters. The Morgan fingerprint density at radius 1 is 1.21 bits per heavy atom. The Morgan fingerprint density at radius 3 is 2.71 bits per heavy atom. The molecule has 0 spiro atoms. The molecule has 14 heavy (non-hydrogen) atoms. The predicted molar refractivity (Wildman–Crippen MR) is 54.2 cm³/mol. The van der Waals surface area contributed by atoms with E-state index >= 15 is 0 Å². The molecule has 1 aliphatic rings. The fourth-order valence-corrected chi connectivity index (χ4v) is 1.86. The molecule has 1 fully saturated rings. The number of hydrogen-bond donors (Lipinski definition) is 1. The normalized spacial score (nSPS) is 18.1. The van der Waals surface area contributed by atoms with Gasteiger partial charge in [-0.25, -0.2) is 0 Å². The smallest absolute Gasteiger partial charge is 0.227 e. The topological polar surface area (TPSA) is 50.7 Å². The molecule has 1 aromatic rings. The Kier molecular flexibility index (Phi) is 3.14. The lowest BCUT2D eigenvalue weighted by molar-refractivity contribution is 0.460. The van der Waals surface area contributed by atoms with Crippen LogP contribution in [0.25, 0.3) is 0 Å². The Bertz CT molecular complexity index is 299. The summed E-state index contributed by atoms with van der Waals surface area (Å²) in [7, 11) is 0. The maximum atomic E-state index is 5.63. The molecule has 0 aromatic carbocycles. The highest BCUT2D eigenvalue weighted by atomic mass is 35.5. The summed E-state index contributed by atoms with van der Waals surface area (Å²) in [5.74, 6) is 0.539. The van der Waals surface area contributed by atoms with Crippen molar-refractivity contribution in [2.75, 3.05) is 5.32 Å². The zero-order valence-corrected chi connectivity index (χ0v) is 8.59. The van der Waals surface area contributed by atoms with Crippen LogP contribution in [0.3, 0.4) is 0 Å². The van der Waals surface area contributed by atoms with Crippen LogP contribution in [0, 0.1) is 6.33 Å². The fourth-order valence-electron chi connectivity index (χ4n) is 1.75. The lowest BCUT2D eigenvalue weighted by Crippen LogP contribution is -2.23. The van der Waals surface area contributed by atoms with Crippen molar-refractivity contribution < 1.29 is 0 Å². The Labute approximate surface area is 88.1 Å². The maximum Gasteiger partial charge on any atom is 0.227 e. The number of anilines is 1. The van der Waals surface area contributed by atoms with Crippen molar-refractivity contribution in [2.45, 2.75) is 38.1 Å². The summed E-state index contributed by atoms with van der Waals surface area (Å²) >= 11 is 5.63. The van der Waals surface area contributed by atoms with Gasteiger partial charge in [0, 0.05) is 6.04 Å². The average molecular weight is 212 g/mol. The quantitative estimate of drug-likeness (QED) is 0.814.